The molecule has 8 heteroatoms. The number of carbonyl (C=O) groups excluding carboxylic acids is 3. The summed E-state index contributed by atoms with van der Waals surface area (Å²) in [6.45, 7) is 5.52. The quantitative estimate of drug-likeness (QED) is 0.620. The molecule has 0 unspecified atom stereocenters. The predicted octanol–water partition coefficient (Wildman–Crippen LogP) is 4.56. The zero-order valence-corrected chi connectivity index (χ0v) is 19.3. The first-order valence-electron chi connectivity index (χ1n) is 9.45. The van der Waals surface area contributed by atoms with Crippen LogP contribution in [0.25, 0.3) is 0 Å². The average Bonchev–Trinajstić information content (AvgIpc) is 3.07. The highest BCUT2D eigenvalue weighted by Gasteiger charge is 2.37. The Labute approximate surface area is 188 Å². The van der Waals surface area contributed by atoms with E-state index in [4.69, 9.17) is 16.3 Å². The van der Waals surface area contributed by atoms with E-state index < -0.39 is 24.4 Å². The van der Waals surface area contributed by atoms with Crippen LogP contribution in [-0.2, 0) is 19.1 Å². The Morgan fingerprint density at radius 2 is 1.93 bits per heavy atom. The van der Waals surface area contributed by atoms with Gasteiger partial charge in [-0.3, -0.25) is 14.4 Å². The summed E-state index contributed by atoms with van der Waals surface area (Å²) in [5.41, 5.74) is 4.16. The lowest BCUT2D eigenvalue weighted by molar-refractivity contribution is -0.151. The maximum Gasteiger partial charge on any atom is 0.311 e. The van der Waals surface area contributed by atoms with Gasteiger partial charge in [0.05, 0.1) is 10.9 Å². The minimum absolute atomic E-state index is 0.0647. The molecule has 1 aliphatic rings. The summed E-state index contributed by atoms with van der Waals surface area (Å²) in [6, 6.07) is 9.27. The molecule has 1 atom stereocenters. The molecule has 1 fully saturated rings. The van der Waals surface area contributed by atoms with Crippen LogP contribution in [0.1, 0.15) is 23.1 Å². The second-order valence-corrected chi connectivity index (χ2v) is 8.69. The van der Waals surface area contributed by atoms with Crippen LogP contribution >= 0.6 is 27.5 Å². The van der Waals surface area contributed by atoms with Gasteiger partial charge in [0.2, 0.25) is 5.91 Å². The predicted molar refractivity (Wildman–Crippen MR) is 120 cm³/mol. The van der Waals surface area contributed by atoms with E-state index in [1.807, 2.05) is 39.0 Å². The van der Waals surface area contributed by atoms with Crippen molar-refractivity contribution in [1.29, 1.82) is 0 Å². The highest BCUT2D eigenvalue weighted by atomic mass is 79.9. The van der Waals surface area contributed by atoms with Gasteiger partial charge in [-0.05, 0) is 71.6 Å². The summed E-state index contributed by atoms with van der Waals surface area (Å²) in [7, 11) is 0. The van der Waals surface area contributed by atoms with Gasteiger partial charge in [0.1, 0.15) is 0 Å². The van der Waals surface area contributed by atoms with Gasteiger partial charge in [-0.2, -0.15) is 0 Å². The van der Waals surface area contributed by atoms with Gasteiger partial charge in [-0.25, -0.2) is 0 Å². The normalized spacial score (nSPS) is 16.0. The summed E-state index contributed by atoms with van der Waals surface area (Å²) in [6.07, 6.45) is 0.0647. The third kappa shape index (κ3) is 5.02. The molecule has 158 valence electrons. The first kappa shape index (κ1) is 22.3. The Hall–Kier alpha value is -2.38. The minimum atomic E-state index is -0.603. The van der Waals surface area contributed by atoms with Crippen LogP contribution in [-0.4, -0.2) is 30.9 Å². The molecule has 2 aromatic rings. The number of nitrogens with zero attached hydrogens (tertiary/aromatic N) is 1. The van der Waals surface area contributed by atoms with E-state index in [1.54, 1.807) is 17.0 Å². The van der Waals surface area contributed by atoms with Crippen molar-refractivity contribution in [3.63, 3.8) is 0 Å². The first-order valence-corrected chi connectivity index (χ1v) is 10.6. The lowest BCUT2D eigenvalue weighted by atomic mass is 10.1. The van der Waals surface area contributed by atoms with Crippen LogP contribution in [0, 0.1) is 26.7 Å². The number of benzene rings is 2. The number of esters is 1. The maximum atomic E-state index is 12.5. The Bertz CT molecular complexity index is 1020. The molecule has 0 radical (unpaired) electrons. The Morgan fingerprint density at radius 1 is 1.20 bits per heavy atom. The standard InChI is InChI=1S/C22H22BrClN2O4/c1-12-4-5-13(2)19(6-12)26-10-15(8-21(26)28)22(29)30-11-20(27)25-18-9-17(24)16(23)7-14(18)3/h4-7,9,15H,8,10-11H2,1-3H3,(H,25,27)/t15-/m1/s1. The molecule has 3 rings (SSSR count). The second kappa shape index (κ2) is 9.18. The largest absolute Gasteiger partial charge is 0.455 e. The topological polar surface area (TPSA) is 75.7 Å². The number of nitrogens with one attached hydrogen (secondary N) is 1. The van der Waals surface area contributed by atoms with Crippen LogP contribution < -0.4 is 10.2 Å². The van der Waals surface area contributed by atoms with Crippen molar-refractivity contribution in [2.75, 3.05) is 23.4 Å². The first-order chi connectivity index (χ1) is 14.2. The lowest BCUT2D eigenvalue weighted by Gasteiger charge is -2.19. The fraction of sp³-hybridized carbons (Fsp3) is 0.318. The summed E-state index contributed by atoms with van der Waals surface area (Å²) in [5, 5.41) is 3.14. The SMILES string of the molecule is Cc1ccc(C)c(N2C[C@H](C(=O)OCC(=O)Nc3cc(Cl)c(Br)cc3C)CC2=O)c1. The average molecular weight is 494 g/mol. The fourth-order valence-corrected chi connectivity index (χ4v) is 3.95. The van der Waals surface area contributed by atoms with Crippen molar-refractivity contribution < 1.29 is 19.1 Å². The molecule has 0 spiro atoms. The summed E-state index contributed by atoms with van der Waals surface area (Å²) >= 11 is 9.38. The van der Waals surface area contributed by atoms with E-state index in [0.29, 0.717) is 10.7 Å². The number of hydrogen-bond acceptors (Lipinski definition) is 4. The van der Waals surface area contributed by atoms with Gasteiger partial charge in [-0.1, -0.05) is 23.7 Å². The highest BCUT2D eigenvalue weighted by Crippen LogP contribution is 2.30. The molecule has 2 amide bonds. The molecule has 0 aliphatic carbocycles. The summed E-state index contributed by atoms with van der Waals surface area (Å²) in [4.78, 5) is 38.7. The Balaban J connectivity index is 1.58. The molecular formula is C22H22BrClN2O4. The number of rotatable bonds is 5. The van der Waals surface area contributed by atoms with E-state index in [9.17, 15) is 14.4 Å². The molecule has 0 aromatic heterocycles. The second-order valence-electron chi connectivity index (χ2n) is 7.43. The highest BCUT2D eigenvalue weighted by molar-refractivity contribution is 9.10. The van der Waals surface area contributed by atoms with Gasteiger partial charge in [-0.15, -0.1) is 0 Å². The third-order valence-corrected chi connectivity index (χ3v) is 6.20. The van der Waals surface area contributed by atoms with E-state index in [0.717, 1.165) is 26.9 Å². The van der Waals surface area contributed by atoms with Crippen LogP contribution in [0.4, 0.5) is 11.4 Å². The van der Waals surface area contributed by atoms with Gasteiger partial charge >= 0.3 is 5.97 Å². The summed E-state index contributed by atoms with van der Waals surface area (Å²) < 4.78 is 5.90. The number of amides is 2. The molecule has 1 heterocycles. The molecule has 30 heavy (non-hydrogen) atoms. The van der Waals surface area contributed by atoms with Crippen LogP contribution in [0.15, 0.2) is 34.8 Å². The molecule has 1 N–H and O–H groups in total. The smallest absolute Gasteiger partial charge is 0.311 e. The van der Waals surface area contributed by atoms with Crippen molar-refractivity contribution in [1.82, 2.24) is 0 Å². The van der Waals surface area contributed by atoms with E-state index >= 15 is 0 Å². The molecule has 6 nitrogen and oxygen atoms in total. The lowest BCUT2D eigenvalue weighted by Crippen LogP contribution is -2.28. The van der Waals surface area contributed by atoms with E-state index in [2.05, 4.69) is 21.2 Å². The van der Waals surface area contributed by atoms with Crippen molar-refractivity contribution in [2.45, 2.75) is 27.2 Å². The van der Waals surface area contributed by atoms with Crippen molar-refractivity contribution in [2.24, 2.45) is 5.92 Å². The zero-order valence-electron chi connectivity index (χ0n) is 16.9. The van der Waals surface area contributed by atoms with Crippen molar-refractivity contribution in [3.05, 3.63) is 56.5 Å². The van der Waals surface area contributed by atoms with Crippen molar-refractivity contribution >= 4 is 56.7 Å². The van der Waals surface area contributed by atoms with Crippen LogP contribution in [0.2, 0.25) is 5.02 Å². The fourth-order valence-electron chi connectivity index (χ4n) is 3.33. The van der Waals surface area contributed by atoms with Gasteiger partial charge in [0, 0.05) is 28.8 Å². The van der Waals surface area contributed by atoms with Gasteiger partial charge in [0.25, 0.3) is 5.91 Å². The Morgan fingerprint density at radius 3 is 2.67 bits per heavy atom. The van der Waals surface area contributed by atoms with Gasteiger partial charge < -0.3 is 15.0 Å². The number of aryl methyl sites for hydroxylation is 3. The molecule has 0 saturated carbocycles. The minimum Gasteiger partial charge on any atom is -0.455 e. The number of carbonyl (C=O) groups is 3. The van der Waals surface area contributed by atoms with Crippen LogP contribution in [0.5, 0.6) is 0 Å². The van der Waals surface area contributed by atoms with Gasteiger partial charge in [0.15, 0.2) is 6.61 Å². The Kier molecular flexibility index (Phi) is 6.83. The number of ether oxygens (including phenoxy) is 1. The van der Waals surface area contributed by atoms with Crippen LogP contribution in [0.3, 0.4) is 0 Å². The third-order valence-electron chi connectivity index (χ3n) is 5.00. The number of halogens is 2. The molecule has 1 saturated heterocycles. The molecular weight excluding hydrogens is 472 g/mol. The molecule has 1 aliphatic heterocycles. The van der Waals surface area contributed by atoms with Crippen molar-refractivity contribution in [3.8, 4) is 0 Å². The summed E-state index contributed by atoms with van der Waals surface area (Å²) in [5.74, 6) is -1.76. The maximum absolute atomic E-state index is 12.5. The van der Waals surface area contributed by atoms with E-state index in [-0.39, 0.29) is 18.9 Å². The number of anilines is 2. The number of hydrogen-bond donors (Lipinski definition) is 1. The monoisotopic (exact) mass is 492 g/mol. The zero-order chi connectivity index (χ0) is 22.0. The molecule has 2 aromatic carbocycles. The van der Waals surface area contributed by atoms with E-state index in [1.165, 1.54) is 0 Å². The molecule has 0 bridgehead atoms.